The number of hydrogen-bond donors (Lipinski definition) is 1. The molecule has 3 heteroatoms. The highest BCUT2D eigenvalue weighted by Gasteiger charge is 2.27. The molecule has 0 fully saturated rings. The van der Waals surface area contributed by atoms with Crippen LogP contribution in [0.15, 0.2) is 0 Å². The van der Waals surface area contributed by atoms with Gasteiger partial charge in [0.15, 0.2) is 0 Å². The number of thioether (sulfide) groups is 1. The number of carbonyl (C=O) groups excluding carboxylic acids is 1. The highest BCUT2D eigenvalue weighted by molar-refractivity contribution is 7.98. The molecule has 0 heterocycles. The van der Waals surface area contributed by atoms with Crippen molar-refractivity contribution >= 4 is 17.7 Å². The lowest BCUT2D eigenvalue weighted by molar-refractivity contribution is -0.125. The third kappa shape index (κ3) is 2.21. The first kappa shape index (κ1) is 9.82. The van der Waals surface area contributed by atoms with Crippen LogP contribution in [-0.4, -0.2) is 17.9 Å². The minimum atomic E-state index is -0.306. The molecule has 0 rings (SSSR count). The molecule has 0 radical (unpaired) electrons. The van der Waals surface area contributed by atoms with Crippen LogP contribution < -0.4 is 5.73 Å². The van der Waals surface area contributed by atoms with Crippen LogP contribution in [-0.2, 0) is 4.79 Å². The monoisotopic (exact) mass is 161 g/mol. The van der Waals surface area contributed by atoms with Crippen molar-refractivity contribution in [3.05, 3.63) is 0 Å². The zero-order valence-electron chi connectivity index (χ0n) is 6.81. The lowest BCUT2D eigenvalue weighted by atomic mass is 9.89. The predicted molar refractivity (Wildman–Crippen MR) is 46.0 cm³/mol. The van der Waals surface area contributed by atoms with E-state index in [9.17, 15) is 4.79 Å². The summed E-state index contributed by atoms with van der Waals surface area (Å²) in [7, 11) is 0. The molecule has 0 saturated carbocycles. The molecule has 60 valence electrons. The maximum atomic E-state index is 10.9. The van der Waals surface area contributed by atoms with E-state index in [0.29, 0.717) is 0 Å². The van der Waals surface area contributed by atoms with Crippen molar-refractivity contribution in [3.8, 4) is 0 Å². The predicted octanol–water partition coefficient (Wildman–Crippen LogP) is 1.25. The number of nitrogens with two attached hydrogens (primary N) is 1. The van der Waals surface area contributed by atoms with Crippen molar-refractivity contribution in [2.45, 2.75) is 20.3 Å². The Morgan fingerprint density at radius 2 is 2.20 bits per heavy atom. The Morgan fingerprint density at radius 3 is 2.30 bits per heavy atom. The van der Waals surface area contributed by atoms with E-state index in [1.807, 2.05) is 20.1 Å². The summed E-state index contributed by atoms with van der Waals surface area (Å²) in [6.07, 6.45) is 2.81. The van der Waals surface area contributed by atoms with Crippen molar-refractivity contribution in [2.24, 2.45) is 11.1 Å². The first-order valence-corrected chi connectivity index (χ1v) is 4.75. The summed E-state index contributed by atoms with van der Waals surface area (Å²) in [6, 6.07) is 0. The van der Waals surface area contributed by atoms with Crippen molar-refractivity contribution in [1.29, 1.82) is 0 Å². The smallest absolute Gasteiger partial charge is 0.224 e. The zero-order chi connectivity index (χ0) is 8.20. The van der Waals surface area contributed by atoms with Crippen LogP contribution in [0.25, 0.3) is 0 Å². The fourth-order valence-electron chi connectivity index (χ4n) is 0.666. The zero-order valence-corrected chi connectivity index (χ0v) is 7.62. The lowest BCUT2D eigenvalue weighted by Crippen LogP contribution is -2.35. The Balaban J connectivity index is 4.08. The minimum Gasteiger partial charge on any atom is -0.369 e. The molecular formula is C7H15NOS. The largest absolute Gasteiger partial charge is 0.369 e. The number of primary amides is 1. The molecule has 0 aliphatic carbocycles. The second-order valence-corrected chi connectivity index (χ2v) is 3.58. The summed E-state index contributed by atoms with van der Waals surface area (Å²) in [4.78, 5) is 10.9. The van der Waals surface area contributed by atoms with E-state index < -0.39 is 0 Å². The summed E-state index contributed by atoms with van der Waals surface area (Å²) >= 11 is 1.66. The van der Waals surface area contributed by atoms with Gasteiger partial charge in [-0.1, -0.05) is 6.92 Å². The second-order valence-electron chi connectivity index (χ2n) is 2.71. The van der Waals surface area contributed by atoms with Crippen molar-refractivity contribution in [2.75, 3.05) is 12.0 Å². The fraction of sp³-hybridized carbons (Fsp3) is 0.857. The van der Waals surface area contributed by atoms with E-state index >= 15 is 0 Å². The molecule has 2 nitrogen and oxygen atoms in total. The molecule has 2 N–H and O–H groups in total. The second kappa shape index (κ2) is 3.86. The van der Waals surface area contributed by atoms with Gasteiger partial charge >= 0.3 is 0 Å². The fourth-order valence-corrected chi connectivity index (χ4v) is 1.65. The van der Waals surface area contributed by atoms with Gasteiger partial charge in [0, 0.05) is 5.75 Å². The topological polar surface area (TPSA) is 43.1 Å². The third-order valence-corrected chi connectivity index (χ3v) is 2.76. The summed E-state index contributed by atoms with van der Waals surface area (Å²) in [5.74, 6) is 0.628. The first-order chi connectivity index (χ1) is 4.56. The molecule has 0 spiro atoms. The molecule has 0 bridgehead atoms. The van der Waals surface area contributed by atoms with E-state index in [4.69, 9.17) is 5.73 Å². The third-order valence-electron chi connectivity index (χ3n) is 1.84. The SMILES string of the molecule is CCC(C)(CSC)C(N)=O. The first-order valence-electron chi connectivity index (χ1n) is 3.35. The van der Waals surface area contributed by atoms with Gasteiger partial charge in [0.05, 0.1) is 5.41 Å². The molecule has 0 aromatic rings. The quantitative estimate of drug-likeness (QED) is 0.674. The van der Waals surface area contributed by atoms with Crippen LogP contribution in [0.3, 0.4) is 0 Å². The van der Waals surface area contributed by atoms with Crippen LogP contribution in [0, 0.1) is 5.41 Å². The van der Waals surface area contributed by atoms with E-state index in [0.717, 1.165) is 12.2 Å². The Kier molecular flexibility index (Phi) is 3.79. The average Bonchev–Trinajstić information content (AvgIpc) is 1.88. The van der Waals surface area contributed by atoms with E-state index in [-0.39, 0.29) is 11.3 Å². The van der Waals surface area contributed by atoms with Crippen LogP contribution in [0.2, 0.25) is 0 Å². The van der Waals surface area contributed by atoms with Gasteiger partial charge in [-0.15, -0.1) is 0 Å². The van der Waals surface area contributed by atoms with Crippen molar-refractivity contribution in [3.63, 3.8) is 0 Å². The summed E-state index contributed by atoms with van der Waals surface area (Å²) in [6.45, 7) is 3.90. The Bertz CT molecular complexity index is 127. The van der Waals surface area contributed by atoms with Gasteiger partial charge in [0.25, 0.3) is 0 Å². The summed E-state index contributed by atoms with van der Waals surface area (Å²) < 4.78 is 0. The molecule has 10 heavy (non-hydrogen) atoms. The molecule has 1 amide bonds. The van der Waals surface area contributed by atoms with Gasteiger partial charge in [-0.25, -0.2) is 0 Å². The molecule has 0 aromatic carbocycles. The van der Waals surface area contributed by atoms with Crippen molar-refractivity contribution in [1.82, 2.24) is 0 Å². The van der Waals surface area contributed by atoms with Gasteiger partial charge in [-0.2, -0.15) is 11.8 Å². The number of amides is 1. The molecule has 0 saturated heterocycles. The average molecular weight is 161 g/mol. The maximum Gasteiger partial charge on any atom is 0.224 e. The molecule has 0 aromatic heterocycles. The Morgan fingerprint density at radius 1 is 1.70 bits per heavy atom. The highest BCUT2D eigenvalue weighted by Crippen LogP contribution is 2.24. The summed E-state index contributed by atoms with van der Waals surface area (Å²) in [5, 5.41) is 0. The van der Waals surface area contributed by atoms with Crippen LogP contribution in [0.1, 0.15) is 20.3 Å². The minimum absolute atomic E-state index is 0.190. The van der Waals surface area contributed by atoms with Crippen LogP contribution in [0.5, 0.6) is 0 Å². The Labute approximate surface area is 66.6 Å². The van der Waals surface area contributed by atoms with Crippen LogP contribution in [0.4, 0.5) is 0 Å². The molecule has 1 atom stereocenters. The number of hydrogen-bond acceptors (Lipinski definition) is 2. The van der Waals surface area contributed by atoms with Gasteiger partial charge in [0.2, 0.25) is 5.91 Å². The van der Waals surface area contributed by atoms with Crippen LogP contribution >= 0.6 is 11.8 Å². The van der Waals surface area contributed by atoms with Gasteiger partial charge in [-0.05, 0) is 19.6 Å². The van der Waals surface area contributed by atoms with E-state index in [2.05, 4.69) is 0 Å². The number of carbonyl (C=O) groups is 1. The van der Waals surface area contributed by atoms with E-state index in [1.165, 1.54) is 0 Å². The van der Waals surface area contributed by atoms with Gasteiger partial charge in [-0.3, -0.25) is 4.79 Å². The Hall–Kier alpha value is -0.180. The molecule has 1 unspecified atom stereocenters. The lowest BCUT2D eigenvalue weighted by Gasteiger charge is -2.22. The maximum absolute atomic E-state index is 10.9. The van der Waals surface area contributed by atoms with Gasteiger partial charge in [0.1, 0.15) is 0 Å². The molecular weight excluding hydrogens is 146 g/mol. The van der Waals surface area contributed by atoms with E-state index in [1.54, 1.807) is 11.8 Å². The normalized spacial score (nSPS) is 16.3. The van der Waals surface area contributed by atoms with Crippen molar-refractivity contribution < 1.29 is 4.79 Å². The molecule has 0 aliphatic heterocycles. The highest BCUT2D eigenvalue weighted by atomic mass is 32.2. The number of rotatable bonds is 4. The molecule has 0 aliphatic rings. The summed E-state index contributed by atoms with van der Waals surface area (Å²) in [5.41, 5.74) is 4.91. The standard InChI is InChI=1S/C7H15NOS/c1-4-7(2,5-10-3)6(8)9/h4-5H2,1-3H3,(H2,8,9). The van der Waals surface area contributed by atoms with Gasteiger partial charge < -0.3 is 5.73 Å².